The molecule has 0 spiro atoms. The summed E-state index contributed by atoms with van der Waals surface area (Å²) in [5.41, 5.74) is 4.47. The van der Waals surface area contributed by atoms with E-state index in [1.165, 1.54) is 6.07 Å². The van der Waals surface area contributed by atoms with Gasteiger partial charge >= 0.3 is 0 Å². The lowest BCUT2D eigenvalue weighted by Gasteiger charge is -2.11. The molecule has 6 nitrogen and oxygen atoms in total. The molecule has 4 aromatic rings. The van der Waals surface area contributed by atoms with Gasteiger partial charge in [0, 0.05) is 24.1 Å². The largest absolute Gasteiger partial charge is 0.330 e. The maximum Gasteiger partial charge on any atom is 0.174 e. The zero-order chi connectivity index (χ0) is 18.6. The first kappa shape index (κ1) is 17.1. The number of aryl methyl sites for hydroxylation is 3. The fourth-order valence-corrected chi connectivity index (χ4v) is 3.23. The fourth-order valence-electron chi connectivity index (χ4n) is 3.23. The Morgan fingerprint density at radius 3 is 2.67 bits per heavy atom. The van der Waals surface area contributed by atoms with Gasteiger partial charge in [-0.25, -0.2) is 9.37 Å². The molecule has 1 N–H and O–H groups in total. The van der Waals surface area contributed by atoms with Gasteiger partial charge in [0.2, 0.25) is 0 Å². The Hall–Kier alpha value is -3.35. The van der Waals surface area contributed by atoms with Crippen molar-refractivity contribution in [3.05, 3.63) is 72.1 Å². The fraction of sp³-hybridized carbons (Fsp3) is 0.200. The zero-order valence-electron chi connectivity index (χ0n) is 14.9. The molecule has 0 amide bonds. The third-order valence-corrected chi connectivity index (χ3v) is 4.39. The Bertz CT molecular complexity index is 1000. The molecule has 136 valence electrons. The Balaban J connectivity index is 1.71. The molecule has 0 saturated heterocycles. The second-order valence-corrected chi connectivity index (χ2v) is 6.45. The number of rotatable bonds is 6. The summed E-state index contributed by atoms with van der Waals surface area (Å²) in [4.78, 5) is 4.63. The highest BCUT2D eigenvalue weighted by Gasteiger charge is 2.16. The lowest BCUT2D eigenvalue weighted by Crippen LogP contribution is -2.02. The first-order valence-electron chi connectivity index (χ1n) is 8.81. The van der Waals surface area contributed by atoms with Crippen LogP contribution in [0.4, 0.5) is 4.39 Å². The zero-order valence-corrected chi connectivity index (χ0v) is 14.9. The molecule has 0 unspecified atom stereocenters. The van der Waals surface area contributed by atoms with E-state index in [2.05, 4.69) is 30.2 Å². The smallest absolute Gasteiger partial charge is 0.174 e. The van der Waals surface area contributed by atoms with Crippen LogP contribution in [0.15, 0.2) is 54.9 Å². The third-order valence-electron chi connectivity index (χ3n) is 4.39. The summed E-state index contributed by atoms with van der Waals surface area (Å²) in [6.45, 7) is 2.62. The molecule has 27 heavy (non-hydrogen) atoms. The average Bonchev–Trinajstić information content (AvgIpc) is 3.31. The molecule has 0 bridgehead atoms. The predicted molar refractivity (Wildman–Crippen MR) is 100 cm³/mol. The predicted octanol–water partition coefficient (Wildman–Crippen LogP) is 3.81. The molecule has 0 aliphatic heterocycles. The van der Waals surface area contributed by atoms with Crippen LogP contribution in [0, 0.1) is 12.7 Å². The van der Waals surface area contributed by atoms with E-state index < -0.39 is 0 Å². The van der Waals surface area contributed by atoms with Crippen LogP contribution >= 0.6 is 0 Å². The Morgan fingerprint density at radius 2 is 1.93 bits per heavy atom. The van der Waals surface area contributed by atoms with E-state index in [9.17, 15) is 4.39 Å². The van der Waals surface area contributed by atoms with Crippen LogP contribution in [0.25, 0.3) is 22.5 Å². The minimum atomic E-state index is -0.247. The summed E-state index contributed by atoms with van der Waals surface area (Å²) in [5, 5.41) is 14.0. The van der Waals surface area contributed by atoms with Crippen LogP contribution < -0.4 is 0 Å². The highest BCUT2D eigenvalue weighted by Crippen LogP contribution is 2.32. The van der Waals surface area contributed by atoms with E-state index in [-0.39, 0.29) is 5.82 Å². The highest BCUT2D eigenvalue weighted by molar-refractivity contribution is 5.78. The van der Waals surface area contributed by atoms with Crippen LogP contribution in [-0.2, 0) is 13.0 Å². The van der Waals surface area contributed by atoms with Crippen molar-refractivity contribution < 1.29 is 4.39 Å². The number of aromatic amines is 1. The van der Waals surface area contributed by atoms with Crippen LogP contribution in [0.2, 0.25) is 0 Å². The van der Waals surface area contributed by atoms with E-state index >= 15 is 0 Å². The van der Waals surface area contributed by atoms with Gasteiger partial charge in [0.15, 0.2) is 5.82 Å². The van der Waals surface area contributed by atoms with Crippen molar-refractivity contribution in [2.24, 2.45) is 0 Å². The van der Waals surface area contributed by atoms with Crippen molar-refractivity contribution in [3.8, 4) is 22.5 Å². The molecule has 2 aromatic carbocycles. The molecule has 0 atom stereocenters. The molecular weight excluding hydrogens is 343 g/mol. The quantitative estimate of drug-likeness (QED) is 0.566. The summed E-state index contributed by atoms with van der Waals surface area (Å²) < 4.78 is 16.1. The van der Waals surface area contributed by atoms with E-state index in [4.69, 9.17) is 0 Å². The number of nitrogens with one attached hydrogen (secondary N) is 1. The number of benzene rings is 2. The summed E-state index contributed by atoms with van der Waals surface area (Å²) in [6.07, 6.45) is 3.34. The van der Waals surface area contributed by atoms with E-state index in [0.717, 1.165) is 41.0 Å². The van der Waals surface area contributed by atoms with Crippen molar-refractivity contribution >= 4 is 0 Å². The lowest BCUT2D eigenvalue weighted by molar-refractivity contribution is 0.623. The Kier molecular flexibility index (Phi) is 4.74. The maximum absolute atomic E-state index is 14.1. The molecule has 4 rings (SSSR count). The van der Waals surface area contributed by atoms with Crippen molar-refractivity contribution in [2.75, 3.05) is 0 Å². The topological polar surface area (TPSA) is 72.3 Å². The van der Waals surface area contributed by atoms with Gasteiger partial charge < -0.3 is 4.57 Å². The number of nitrogens with zero attached hydrogens (tertiary/aromatic N) is 5. The normalized spacial score (nSPS) is 11.0. The van der Waals surface area contributed by atoms with Gasteiger partial charge in [-0.2, -0.15) is 5.21 Å². The van der Waals surface area contributed by atoms with E-state index in [1.54, 1.807) is 6.07 Å². The van der Waals surface area contributed by atoms with Gasteiger partial charge in [-0.15, -0.1) is 10.2 Å². The molecule has 0 aliphatic carbocycles. The first-order chi connectivity index (χ1) is 13.2. The summed E-state index contributed by atoms with van der Waals surface area (Å²) in [5.74, 6) is 0.435. The Morgan fingerprint density at radius 1 is 1.07 bits per heavy atom. The molecule has 2 heterocycles. The SMILES string of the molecule is Cc1cc(F)cc(-c2c(-c3ccccc3)ncn2CCCc2nn[nH]n2)c1. The first-order valence-corrected chi connectivity index (χ1v) is 8.81. The summed E-state index contributed by atoms with van der Waals surface area (Å²) >= 11 is 0. The van der Waals surface area contributed by atoms with Gasteiger partial charge in [0.05, 0.1) is 17.7 Å². The molecular formula is C20H19FN6. The number of imidazole rings is 1. The van der Waals surface area contributed by atoms with Gasteiger partial charge in [-0.05, 0) is 37.1 Å². The molecule has 0 radical (unpaired) electrons. The number of hydrogen-bond acceptors (Lipinski definition) is 4. The van der Waals surface area contributed by atoms with Crippen molar-refractivity contribution in [3.63, 3.8) is 0 Å². The second kappa shape index (κ2) is 7.49. The van der Waals surface area contributed by atoms with E-state index in [1.807, 2.05) is 49.6 Å². The number of tetrazole rings is 1. The van der Waals surface area contributed by atoms with Crippen LogP contribution in [0.3, 0.4) is 0 Å². The molecule has 7 heteroatoms. The number of hydrogen-bond donors (Lipinski definition) is 1. The number of halogens is 1. The van der Waals surface area contributed by atoms with E-state index in [0.29, 0.717) is 12.2 Å². The highest BCUT2D eigenvalue weighted by atomic mass is 19.1. The van der Waals surface area contributed by atoms with Crippen molar-refractivity contribution in [1.29, 1.82) is 0 Å². The minimum Gasteiger partial charge on any atom is -0.330 e. The van der Waals surface area contributed by atoms with Crippen LogP contribution in [-0.4, -0.2) is 30.2 Å². The van der Waals surface area contributed by atoms with Crippen LogP contribution in [0.1, 0.15) is 17.8 Å². The van der Waals surface area contributed by atoms with Crippen LogP contribution in [0.5, 0.6) is 0 Å². The number of aromatic nitrogens is 6. The van der Waals surface area contributed by atoms with Crippen molar-refractivity contribution in [1.82, 2.24) is 30.2 Å². The Labute approximate surface area is 156 Å². The molecule has 0 fully saturated rings. The molecule has 2 aromatic heterocycles. The minimum absolute atomic E-state index is 0.247. The monoisotopic (exact) mass is 362 g/mol. The van der Waals surface area contributed by atoms with Crippen molar-refractivity contribution in [2.45, 2.75) is 26.3 Å². The van der Waals surface area contributed by atoms with Gasteiger partial charge in [-0.1, -0.05) is 35.5 Å². The summed E-state index contributed by atoms with van der Waals surface area (Å²) in [7, 11) is 0. The average molecular weight is 362 g/mol. The summed E-state index contributed by atoms with van der Waals surface area (Å²) in [6, 6.07) is 15.0. The third kappa shape index (κ3) is 3.76. The second-order valence-electron chi connectivity index (χ2n) is 6.45. The van der Waals surface area contributed by atoms with Gasteiger partial charge in [-0.3, -0.25) is 0 Å². The van der Waals surface area contributed by atoms with Gasteiger partial charge in [0.25, 0.3) is 0 Å². The lowest BCUT2D eigenvalue weighted by atomic mass is 10.0. The molecule has 0 aliphatic rings. The van der Waals surface area contributed by atoms with Gasteiger partial charge in [0.1, 0.15) is 5.82 Å². The number of H-pyrrole nitrogens is 1. The maximum atomic E-state index is 14.1. The molecule has 0 saturated carbocycles. The standard InChI is InChI=1S/C20H19FN6/c1-14-10-16(12-17(21)11-14)20-19(15-6-3-2-4-7-15)22-13-27(20)9-5-8-18-23-25-26-24-18/h2-4,6-7,10-13H,5,8-9H2,1H3,(H,23,24,25,26).